The molecule has 1 aliphatic rings. The molecule has 0 saturated carbocycles. The third-order valence-corrected chi connectivity index (χ3v) is 4.98. The minimum atomic E-state index is 0.00832. The van der Waals surface area contributed by atoms with E-state index in [2.05, 4.69) is 10.3 Å². The predicted octanol–water partition coefficient (Wildman–Crippen LogP) is 6.23. The highest BCUT2D eigenvalue weighted by Crippen LogP contribution is 2.42. The fourth-order valence-corrected chi connectivity index (χ4v) is 3.82. The van der Waals surface area contributed by atoms with Gasteiger partial charge in [-0.05, 0) is 37.6 Å². The number of carbonyl (C=O) groups is 1. The second kappa shape index (κ2) is 7.47. The van der Waals surface area contributed by atoms with Crippen molar-refractivity contribution in [1.82, 2.24) is 9.97 Å². The molecule has 0 amide bonds. The van der Waals surface area contributed by atoms with E-state index >= 15 is 0 Å². The number of carbonyl (C=O) groups excluding carboxylic acids is 1. The van der Waals surface area contributed by atoms with Gasteiger partial charge in [-0.25, -0.2) is 9.97 Å². The highest BCUT2D eigenvalue weighted by Gasteiger charge is 2.30. The highest BCUT2D eigenvalue weighted by atomic mass is 16.1. The van der Waals surface area contributed by atoms with Crippen LogP contribution in [0.2, 0.25) is 0 Å². The lowest BCUT2D eigenvalue weighted by Gasteiger charge is -2.23. The van der Waals surface area contributed by atoms with Gasteiger partial charge in [-0.15, -0.1) is 0 Å². The van der Waals surface area contributed by atoms with Crippen LogP contribution in [-0.2, 0) is 0 Å². The van der Waals surface area contributed by atoms with Gasteiger partial charge in [0, 0.05) is 22.2 Å². The first-order valence-electron chi connectivity index (χ1n) is 9.91. The molecule has 0 radical (unpaired) electrons. The van der Waals surface area contributed by atoms with Crippen molar-refractivity contribution in [2.45, 2.75) is 27.7 Å². The average Bonchev–Trinajstić information content (AvgIpc) is 2.75. The molecule has 4 heteroatoms. The Labute approximate surface area is 170 Å². The van der Waals surface area contributed by atoms with Crippen molar-refractivity contribution < 1.29 is 4.79 Å². The van der Waals surface area contributed by atoms with Crippen molar-refractivity contribution in [3.05, 3.63) is 83.2 Å². The van der Waals surface area contributed by atoms with Crippen LogP contribution in [0.3, 0.4) is 0 Å². The molecule has 5 rings (SSSR count). The third kappa shape index (κ3) is 3.07. The van der Waals surface area contributed by atoms with Gasteiger partial charge in [0.1, 0.15) is 5.82 Å². The molecule has 29 heavy (non-hydrogen) atoms. The van der Waals surface area contributed by atoms with E-state index in [1.54, 1.807) is 0 Å². The number of para-hydroxylation sites is 1. The number of aromatic nitrogens is 2. The molecule has 1 N–H and O–H groups in total. The van der Waals surface area contributed by atoms with Gasteiger partial charge >= 0.3 is 0 Å². The fourth-order valence-electron chi connectivity index (χ4n) is 3.82. The van der Waals surface area contributed by atoms with E-state index in [9.17, 15) is 4.79 Å². The Morgan fingerprint density at radius 2 is 1.48 bits per heavy atom. The zero-order chi connectivity index (χ0) is 20.5. The first-order chi connectivity index (χ1) is 14.1. The molecule has 1 aliphatic carbocycles. The first kappa shape index (κ1) is 18.8. The van der Waals surface area contributed by atoms with Gasteiger partial charge in [-0.2, -0.15) is 0 Å². The molecule has 0 aliphatic heterocycles. The van der Waals surface area contributed by atoms with E-state index < -0.39 is 0 Å². The van der Waals surface area contributed by atoms with E-state index in [0.717, 1.165) is 39.1 Å². The zero-order valence-electron chi connectivity index (χ0n) is 17.1. The van der Waals surface area contributed by atoms with Crippen LogP contribution in [0.25, 0.3) is 22.2 Å². The van der Waals surface area contributed by atoms with Crippen molar-refractivity contribution in [1.29, 1.82) is 0 Å². The monoisotopic (exact) mass is 381 g/mol. The summed E-state index contributed by atoms with van der Waals surface area (Å²) in [6.45, 7) is 7.92. The van der Waals surface area contributed by atoms with E-state index in [-0.39, 0.29) is 5.78 Å². The Kier molecular flexibility index (Phi) is 4.85. The van der Waals surface area contributed by atoms with Gasteiger partial charge in [0.2, 0.25) is 0 Å². The quantitative estimate of drug-likeness (QED) is 0.394. The largest absolute Gasteiger partial charge is 0.355 e. The summed E-state index contributed by atoms with van der Waals surface area (Å²) in [6.07, 6.45) is 0. The SMILES string of the molecule is CC.Cc1nc2c3c(c(Nc4ccccc4)cc(C)c3n1)C(=O)c1ccccc1-2. The van der Waals surface area contributed by atoms with Crippen LogP contribution in [0.5, 0.6) is 0 Å². The zero-order valence-corrected chi connectivity index (χ0v) is 17.1. The van der Waals surface area contributed by atoms with Gasteiger partial charge in [0.05, 0.1) is 22.5 Å². The first-order valence-corrected chi connectivity index (χ1v) is 9.91. The molecule has 0 spiro atoms. The minimum Gasteiger partial charge on any atom is -0.355 e. The summed E-state index contributed by atoms with van der Waals surface area (Å²) in [5.74, 6) is 0.716. The summed E-state index contributed by atoms with van der Waals surface area (Å²) in [5, 5.41) is 4.25. The van der Waals surface area contributed by atoms with E-state index in [0.29, 0.717) is 17.0 Å². The third-order valence-electron chi connectivity index (χ3n) is 4.98. The molecule has 4 nitrogen and oxygen atoms in total. The Bertz CT molecular complexity index is 1230. The number of nitrogens with zero attached hydrogens (tertiary/aromatic N) is 2. The van der Waals surface area contributed by atoms with Gasteiger partial charge in [-0.3, -0.25) is 4.79 Å². The van der Waals surface area contributed by atoms with E-state index in [1.165, 1.54) is 0 Å². The van der Waals surface area contributed by atoms with Crippen LogP contribution in [0, 0.1) is 13.8 Å². The molecular formula is C25H23N3O. The Morgan fingerprint density at radius 1 is 0.828 bits per heavy atom. The van der Waals surface area contributed by atoms with Crippen LogP contribution in [-0.4, -0.2) is 15.8 Å². The summed E-state index contributed by atoms with van der Waals surface area (Å²) < 4.78 is 0. The summed E-state index contributed by atoms with van der Waals surface area (Å²) >= 11 is 0. The average molecular weight is 381 g/mol. The smallest absolute Gasteiger partial charge is 0.196 e. The van der Waals surface area contributed by atoms with Crippen molar-refractivity contribution in [2.24, 2.45) is 0 Å². The second-order valence-electron chi connectivity index (χ2n) is 6.82. The second-order valence-corrected chi connectivity index (χ2v) is 6.82. The Balaban J connectivity index is 0.000000994. The summed E-state index contributed by atoms with van der Waals surface area (Å²) in [7, 11) is 0. The maximum atomic E-state index is 13.4. The summed E-state index contributed by atoms with van der Waals surface area (Å²) in [6, 6.07) is 19.6. The van der Waals surface area contributed by atoms with Crippen molar-refractivity contribution in [3.8, 4) is 11.3 Å². The number of hydrogen-bond acceptors (Lipinski definition) is 4. The molecule has 0 saturated heterocycles. The van der Waals surface area contributed by atoms with Crippen LogP contribution < -0.4 is 5.32 Å². The minimum absolute atomic E-state index is 0.00832. The number of anilines is 2. The van der Waals surface area contributed by atoms with Crippen LogP contribution in [0.1, 0.15) is 41.2 Å². The van der Waals surface area contributed by atoms with E-state index in [1.807, 2.05) is 88.4 Å². The van der Waals surface area contributed by atoms with Gasteiger partial charge in [0.25, 0.3) is 0 Å². The summed E-state index contributed by atoms with van der Waals surface area (Å²) in [4.78, 5) is 22.8. The summed E-state index contributed by atoms with van der Waals surface area (Å²) in [5.41, 5.74) is 6.63. The molecule has 3 aromatic carbocycles. The van der Waals surface area contributed by atoms with Crippen molar-refractivity contribution in [3.63, 3.8) is 0 Å². The molecule has 1 aromatic heterocycles. The number of nitrogens with one attached hydrogen (secondary N) is 1. The normalized spacial score (nSPS) is 11.5. The lowest BCUT2D eigenvalue weighted by molar-refractivity contribution is 0.104. The Morgan fingerprint density at radius 3 is 2.21 bits per heavy atom. The van der Waals surface area contributed by atoms with Crippen LogP contribution in [0.15, 0.2) is 60.7 Å². The number of aryl methyl sites for hydroxylation is 2. The molecule has 144 valence electrons. The van der Waals surface area contributed by atoms with Gasteiger partial charge in [-0.1, -0.05) is 56.3 Å². The van der Waals surface area contributed by atoms with Crippen LogP contribution >= 0.6 is 0 Å². The maximum absolute atomic E-state index is 13.4. The maximum Gasteiger partial charge on any atom is 0.196 e. The van der Waals surface area contributed by atoms with Crippen molar-refractivity contribution in [2.75, 3.05) is 5.32 Å². The molecule has 0 unspecified atom stereocenters. The number of benzene rings is 3. The van der Waals surface area contributed by atoms with E-state index in [4.69, 9.17) is 4.98 Å². The number of ketones is 1. The van der Waals surface area contributed by atoms with Crippen molar-refractivity contribution >= 4 is 28.1 Å². The van der Waals surface area contributed by atoms with Crippen LogP contribution in [0.4, 0.5) is 11.4 Å². The molecule has 1 heterocycles. The molecule has 0 fully saturated rings. The topological polar surface area (TPSA) is 54.9 Å². The van der Waals surface area contributed by atoms with Gasteiger partial charge < -0.3 is 5.32 Å². The number of hydrogen-bond donors (Lipinski definition) is 1. The lowest BCUT2D eigenvalue weighted by atomic mass is 9.84. The highest BCUT2D eigenvalue weighted by molar-refractivity contribution is 6.28. The predicted molar refractivity (Wildman–Crippen MR) is 119 cm³/mol. The van der Waals surface area contributed by atoms with Gasteiger partial charge in [0.15, 0.2) is 5.78 Å². The Hall–Kier alpha value is -3.53. The fraction of sp³-hybridized carbons (Fsp3) is 0.160. The number of rotatable bonds is 2. The molecule has 4 aromatic rings. The molecule has 0 atom stereocenters. The molecule has 0 bridgehead atoms. The standard InChI is InChI=1S/C23H17N3O.C2H6/c1-13-12-18(26-15-8-4-3-5-9-15)19-20-21(13)24-14(2)25-22(20)16-10-6-7-11-17(16)23(19)27;1-2/h3-12,26H,1-2H3;1-2H3. The number of fused-ring (bicyclic) bond motifs is 2. The molecular weight excluding hydrogens is 358 g/mol. The lowest BCUT2D eigenvalue weighted by Crippen LogP contribution is -2.15.